The largest absolute Gasteiger partial charge is 0.573 e. The fourth-order valence-electron chi connectivity index (χ4n) is 1.61. The molecule has 0 unspecified atom stereocenters. The van der Waals surface area contributed by atoms with Gasteiger partial charge in [-0.15, -0.1) is 13.2 Å². The van der Waals surface area contributed by atoms with Crippen molar-refractivity contribution in [1.29, 1.82) is 0 Å². The van der Waals surface area contributed by atoms with Crippen LogP contribution in [0.25, 0.3) is 0 Å². The Balaban J connectivity index is 2.15. The van der Waals surface area contributed by atoms with Gasteiger partial charge in [-0.3, -0.25) is 4.98 Å². The first kappa shape index (κ1) is 13.4. The van der Waals surface area contributed by atoms with Crippen molar-refractivity contribution in [2.24, 2.45) is 5.73 Å². The second-order valence-corrected chi connectivity index (χ2v) is 3.85. The van der Waals surface area contributed by atoms with Crippen molar-refractivity contribution in [3.05, 3.63) is 59.9 Å². The first-order chi connectivity index (χ1) is 8.96. The number of hydrogen-bond acceptors (Lipinski definition) is 3. The number of benzene rings is 1. The standard InChI is InChI=1S/C13H11F3N2O/c14-13(15,16)19-10-6-4-9(5-7-10)12(17)11-3-1-2-8-18-11/h1-8,12H,17H2/t12-/m0/s1. The van der Waals surface area contributed by atoms with E-state index in [1.54, 1.807) is 24.4 Å². The molecule has 3 nitrogen and oxygen atoms in total. The highest BCUT2D eigenvalue weighted by Gasteiger charge is 2.31. The van der Waals surface area contributed by atoms with Crippen LogP contribution in [0.2, 0.25) is 0 Å². The van der Waals surface area contributed by atoms with Gasteiger partial charge in [0.15, 0.2) is 0 Å². The quantitative estimate of drug-likeness (QED) is 0.930. The monoisotopic (exact) mass is 268 g/mol. The van der Waals surface area contributed by atoms with Crippen LogP contribution >= 0.6 is 0 Å². The predicted molar refractivity (Wildman–Crippen MR) is 63.4 cm³/mol. The summed E-state index contributed by atoms with van der Waals surface area (Å²) >= 11 is 0. The lowest BCUT2D eigenvalue weighted by Crippen LogP contribution is -2.17. The zero-order valence-electron chi connectivity index (χ0n) is 9.76. The van der Waals surface area contributed by atoms with Gasteiger partial charge in [-0.1, -0.05) is 18.2 Å². The Morgan fingerprint density at radius 3 is 2.26 bits per heavy atom. The maximum atomic E-state index is 12.0. The molecule has 0 fully saturated rings. The third-order valence-electron chi connectivity index (χ3n) is 2.48. The van der Waals surface area contributed by atoms with Crippen LogP contribution in [0.3, 0.4) is 0 Å². The van der Waals surface area contributed by atoms with Crippen LogP contribution < -0.4 is 10.5 Å². The molecule has 0 saturated carbocycles. The van der Waals surface area contributed by atoms with Crippen molar-refractivity contribution in [3.63, 3.8) is 0 Å². The fraction of sp³-hybridized carbons (Fsp3) is 0.154. The van der Waals surface area contributed by atoms with Crippen LogP contribution in [0.1, 0.15) is 17.3 Å². The molecule has 0 aliphatic carbocycles. The normalized spacial score (nSPS) is 13.1. The molecular weight excluding hydrogens is 257 g/mol. The Bertz CT molecular complexity index is 526. The molecule has 2 N–H and O–H groups in total. The minimum Gasteiger partial charge on any atom is -0.406 e. The Hall–Kier alpha value is -2.08. The summed E-state index contributed by atoms with van der Waals surface area (Å²) < 4.78 is 39.8. The predicted octanol–water partition coefficient (Wildman–Crippen LogP) is 3.03. The zero-order valence-corrected chi connectivity index (χ0v) is 9.76. The average molecular weight is 268 g/mol. The van der Waals surface area contributed by atoms with E-state index in [-0.39, 0.29) is 5.75 Å². The van der Waals surface area contributed by atoms with Gasteiger partial charge < -0.3 is 10.5 Å². The second-order valence-electron chi connectivity index (χ2n) is 3.85. The lowest BCUT2D eigenvalue weighted by Gasteiger charge is -2.13. The molecule has 0 radical (unpaired) electrons. The summed E-state index contributed by atoms with van der Waals surface area (Å²) in [7, 11) is 0. The highest BCUT2D eigenvalue weighted by Crippen LogP contribution is 2.25. The number of ether oxygens (including phenoxy) is 1. The summed E-state index contributed by atoms with van der Waals surface area (Å²) in [5.41, 5.74) is 7.27. The lowest BCUT2D eigenvalue weighted by molar-refractivity contribution is -0.274. The van der Waals surface area contributed by atoms with Gasteiger partial charge in [-0.25, -0.2) is 0 Å². The van der Waals surface area contributed by atoms with Gasteiger partial charge in [0, 0.05) is 6.20 Å². The number of nitrogens with zero attached hydrogens (tertiary/aromatic N) is 1. The molecule has 100 valence electrons. The molecule has 0 aliphatic rings. The zero-order chi connectivity index (χ0) is 13.9. The van der Waals surface area contributed by atoms with Crippen LogP contribution in [0.4, 0.5) is 13.2 Å². The Morgan fingerprint density at radius 1 is 1.05 bits per heavy atom. The molecule has 1 heterocycles. The van der Waals surface area contributed by atoms with Gasteiger partial charge in [-0.05, 0) is 29.8 Å². The Morgan fingerprint density at radius 2 is 1.74 bits per heavy atom. The summed E-state index contributed by atoms with van der Waals surface area (Å²) in [4.78, 5) is 4.10. The summed E-state index contributed by atoms with van der Waals surface area (Å²) in [6.45, 7) is 0. The number of pyridine rings is 1. The smallest absolute Gasteiger partial charge is 0.406 e. The molecule has 6 heteroatoms. The van der Waals surface area contributed by atoms with Crippen molar-refractivity contribution in [2.45, 2.75) is 12.4 Å². The minimum absolute atomic E-state index is 0.274. The van der Waals surface area contributed by atoms with Crippen molar-refractivity contribution >= 4 is 0 Å². The number of aromatic nitrogens is 1. The molecule has 0 spiro atoms. The van der Waals surface area contributed by atoms with E-state index in [0.29, 0.717) is 11.3 Å². The van der Waals surface area contributed by atoms with E-state index >= 15 is 0 Å². The van der Waals surface area contributed by atoms with Crippen molar-refractivity contribution in [2.75, 3.05) is 0 Å². The lowest BCUT2D eigenvalue weighted by atomic mass is 10.0. The maximum absolute atomic E-state index is 12.0. The summed E-state index contributed by atoms with van der Waals surface area (Å²) in [6, 6.07) is 10.3. The molecule has 2 aromatic rings. The van der Waals surface area contributed by atoms with Crippen LogP contribution in [0.15, 0.2) is 48.7 Å². The molecule has 0 amide bonds. The molecule has 1 aromatic heterocycles. The SMILES string of the molecule is N[C@@H](c1ccc(OC(F)(F)F)cc1)c1ccccn1. The van der Waals surface area contributed by atoms with Crippen LogP contribution in [-0.4, -0.2) is 11.3 Å². The Labute approximate surface area is 107 Å². The third kappa shape index (κ3) is 3.69. The van der Waals surface area contributed by atoms with E-state index < -0.39 is 12.4 Å². The summed E-state index contributed by atoms with van der Waals surface area (Å²) in [6.07, 6.45) is -3.08. The van der Waals surface area contributed by atoms with Crippen molar-refractivity contribution in [1.82, 2.24) is 4.98 Å². The number of alkyl halides is 3. The van der Waals surface area contributed by atoms with E-state index in [2.05, 4.69) is 9.72 Å². The highest BCUT2D eigenvalue weighted by molar-refractivity contribution is 5.32. The highest BCUT2D eigenvalue weighted by atomic mass is 19.4. The van der Waals surface area contributed by atoms with Gasteiger partial charge in [0.05, 0.1) is 11.7 Å². The molecule has 0 bridgehead atoms. The van der Waals surface area contributed by atoms with Crippen LogP contribution in [0, 0.1) is 0 Å². The number of rotatable bonds is 3. The third-order valence-corrected chi connectivity index (χ3v) is 2.48. The van der Waals surface area contributed by atoms with E-state index in [1.165, 1.54) is 24.3 Å². The maximum Gasteiger partial charge on any atom is 0.573 e. The van der Waals surface area contributed by atoms with Gasteiger partial charge in [-0.2, -0.15) is 0 Å². The van der Waals surface area contributed by atoms with Gasteiger partial charge >= 0.3 is 6.36 Å². The second kappa shape index (κ2) is 5.27. The minimum atomic E-state index is -4.69. The van der Waals surface area contributed by atoms with Crippen molar-refractivity contribution in [3.8, 4) is 5.75 Å². The first-order valence-electron chi connectivity index (χ1n) is 5.48. The van der Waals surface area contributed by atoms with E-state index in [0.717, 1.165) is 0 Å². The van der Waals surface area contributed by atoms with E-state index in [1.807, 2.05) is 0 Å². The first-order valence-corrected chi connectivity index (χ1v) is 5.48. The molecule has 1 aromatic carbocycles. The van der Waals surface area contributed by atoms with E-state index in [4.69, 9.17) is 5.73 Å². The summed E-state index contributed by atoms with van der Waals surface area (Å²) in [5, 5.41) is 0. The number of halogens is 3. The number of nitrogens with two attached hydrogens (primary N) is 1. The van der Waals surface area contributed by atoms with Crippen LogP contribution in [0.5, 0.6) is 5.75 Å². The Kier molecular flexibility index (Phi) is 3.71. The topological polar surface area (TPSA) is 48.1 Å². The van der Waals surface area contributed by atoms with Crippen molar-refractivity contribution < 1.29 is 17.9 Å². The molecular formula is C13H11F3N2O. The average Bonchev–Trinajstić information content (AvgIpc) is 2.38. The number of hydrogen-bond donors (Lipinski definition) is 1. The van der Waals surface area contributed by atoms with Crippen LogP contribution in [-0.2, 0) is 0 Å². The fourth-order valence-corrected chi connectivity index (χ4v) is 1.61. The van der Waals surface area contributed by atoms with Gasteiger partial charge in [0.25, 0.3) is 0 Å². The van der Waals surface area contributed by atoms with Gasteiger partial charge in [0.1, 0.15) is 5.75 Å². The molecule has 19 heavy (non-hydrogen) atoms. The molecule has 2 rings (SSSR count). The molecule has 0 saturated heterocycles. The molecule has 1 atom stereocenters. The molecule has 0 aliphatic heterocycles. The van der Waals surface area contributed by atoms with Gasteiger partial charge in [0.2, 0.25) is 0 Å². The van der Waals surface area contributed by atoms with E-state index in [9.17, 15) is 13.2 Å². The summed E-state index contributed by atoms with van der Waals surface area (Å²) in [5.74, 6) is -0.274.